The maximum atomic E-state index is 16.0. The largest absolute Gasteiger partial charge is 0.497 e. The second-order valence-electron chi connectivity index (χ2n) is 12.1. The molecule has 1 aliphatic heterocycles. The van der Waals surface area contributed by atoms with Gasteiger partial charge < -0.3 is 14.8 Å². The number of hydrogen-bond donors (Lipinski definition) is 1. The molecule has 2 aliphatic rings. The van der Waals surface area contributed by atoms with Crippen LogP contribution in [0.3, 0.4) is 0 Å². The molecular formula is C31H34ClFN6O4S. The van der Waals surface area contributed by atoms with Crippen LogP contribution in [0.15, 0.2) is 59.6 Å². The Morgan fingerprint density at radius 3 is 2.59 bits per heavy atom. The van der Waals surface area contributed by atoms with Crippen molar-refractivity contribution in [2.75, 3.05) is 12.4 Å². The van der Waals surface area contributed by atoms with Crippen molar-refractivity contribution in [2.45, 2.75) is 75.6 Å². The molecule has 1 saturated carbocycles. The second-order valence-corrected chi connectivity index (χ2v) is 14.4. The fourth-order valence-electron chi connectivity index (χ4n) is 5.76. The number of hydrogen-bond acceptors (Lipinski definition) is 8. The molecule has 2 aromatic carbocycles. The number of halogens is 2. The van der Waals surface area contributed by atoms with E-state index in [4.69, 9.17) is 26.2 Å². The first kappa shape index (κ1) is 30.3. The molecular weight excluding hydrogens is 607 g/mol. The lowest BCUT2D eigenvalue weighted by Crippen LogP contribution is -2.25. The first-order valence-corrected chi connectivity index (χ1v) is 16.2. The Morgan fingerprint density at radius 2 is 1.89 bits per heavy atom. The fraction of sp³-hybridized carbons (Fsp3) is 0.387. The highest BCUT2D eigenvalue weighted by Crippen LogP contribution is 2.40. The molecule has 1 aliphatic carbocycles. The Bertz CT molecular complexity index is 1790. The van der Waals surface area contributed by atoms with E-state index >= 15 is 4.39 Å². The van der Waals surface area contributed by atoms with Gasteiger partial charge in [-0.1, -0.05) is 23.7 Å². The van der Waals surface area contributed by atoms with E-state index < -0.39 is 21.4 Å². The molecule has 1 fully saturated rings. The fourth-order valence-corrected chi connectivity index (χ4v) is 7.50. The van der Waals surface area contributed by atoms with Gasteiger partial charge in [0.2, 0.25) is 10.0 Å². The summed E-state index contributed by atoms with van der Waals surface area (Å²) in [6.45, 7) is 6.13. The van der Waals surface area contributed by atoms with Gasteiger partial charge in [-0.3, -0.25) is 0 Å². The van der Waals surface area contributed by atoms with Gasteiger partial charge in [-0.15, -0.1) is 5.10 Å². The van der Waals surface area contributed by atoms with Crippen molar-refractivity contribution in [3.8, 4) is 11.6 Å². The van der Waals surface area contributed by atoms with Crippen LogP contribution < -0.4 is 14.8 Å². The number of anilines is 2. The highest BCUT2D eigenvalue weighted by Gasteiger charge is 2.38. The van der Waals surface area contributed by atoms with Gasteiger partial charge in [0.25, 0.3) is 5.88 Å². The molecule has 10 nitrogen and oxygen atoms in total. The van der Waals surface area contributed by atoms with E-state index in [2.05, 4.69) is 15.5 Å². The highest BCUT2D eigenvalue weighted by molar-refractivity contribution is 7.89. The smallest absolute Gasteiger partial charge is 0.252 e. The normalized spacial score (nSPS) is 19.6. The van der Waals surface area contributed by atoms with Gasteiger partial charge in [-0.05, 0) is 75.9 Å². The van der Waals surface area contributed by atoms with Crippen LogP contribution in [0.5, 0.6) is 11.6 Å². The average Bonchev–Trinajstić information content (AvgIpc) is 3.69. The summed E-state index contributed by atoms with van der Waals surface area (Å²) in [6.07, 6.45) is 3.83. The topological polar surface area (TPSA) is 111 Å². The van der Waals surface area contributed by atoms with Crippen molar-refractivity contribution in [3.05, 3.63) is 82.4 Å². The van der Waals surface area contributed by atoms with Crippen LogP contribution >= 0.6 is 11.6 Å². The molecule has 4 aromatic rings. The van der Waals surface area contributed by atoms with Gasteiger partial charge in [0.05, 0.1) is 35.1 Å². The Hall–Kier alpha value is -3.74. The van der Waals surface area contributed by atoms with Gasteiger partial charge in [0.1, 0.15) is 22.7 Å². The molecule has 1 N–H and O–H groups in total. The third kappa shape index (κ3) is 5.85. The molecule has 0 radical (unpaired) electrons. The van der Waals surface area contributed by atoms with Gasteiger partial charge in [0, 0.05) is 30.6 Å². The van der Waals surface area contributed by atoms with Gasteiger partial charge >= 0.3 is 0 Å². The molecule has 0 saturated heterocycles. The lowest BCUT2D eigenvalue weighted by molar-refractivity contribution is 0.197. The van der Waals surface area contributed by atoms with Crippen molar-refractivity contribution < 1.29 is 22.3 Å². The predicted octanol–water partition coefficient (Wildman–Crippen LogP) is 6.39. The van der Waals surface area contributed by atoms with E-state index in [-0.39, 0.29) is 41.3 Å². The molecule has 0 amide bonds. The Kier molecular flexibility index (Phi) is 8.02. The zero-order valence-electron chi connectivity index (χ0n) is 24.9. The number of nitrogens with zero attached hydrogens (tertiary/aromatic N) is 5. The second kappa shape index (κ2) is 11.6. The van der Waals surface area contributed by atoms with E-state index in [0.717, 1.165) is 30.5 Å². The van der Waals surface area contributed by atoms with Crippen molar-refractivity contribution in [2.24, 2.45) is 0 Å². The number of aromatic nitrogens is 4. The first-order chi connectivity index (χ1) is 20.9. The Balaban J connectivity index is 1.22. The maximum absolute atomic E-state index is 16.0. The minimum absolute atomic E-state index is 0.0145. The summed E-state index contributed by atoms with van der Waals surface area (Å²) in [5, 5.41) is 16.4. The number of ether oxygens (including phenoxy) is 2. The van der Waals surface area contributed by atoms with E-state index in [1.807, 2.05) is 31.5 Å². The molecule has 3 heterocycles. The lowest BCUT2D eigenvalue weighted by Gasteiger charge is -2.23. The Labute approximate surface area is 261 Å². The summed E-state index contributed by atoms with van der Waals surface area (Å²) in [5.74, 6) is 1.14. The molecule has 232 valence electrons. The maximum Gasteiger partial charge on any atom is 0.252 e. The van der Waals surface area contributed by atoms with Crippen LogP contribution in [0.1, 0.15) is 62.8 Å². The molecule has 0 spiro atoms. The van der Waals surface area contributed by atoms with Crippen molar-refractivity contribution in [3.63, 3.8) is 0 Å². The minimum atomic E-state index is -3.85. The van der Waals surface area contributed by atoms with Crippen LogP contribution in [0.25, 0.3) is 0 Å². The minimum Gasteiger partial charge on any atom is -0.497 e. The third-order valence-corrected chi connectivity index (χ3v) is 10.2. The average molecular weight is 641 g/mol. The van der Waals surface area contributed by atoms with Crippen molar-refractivity contribution in [1.29, 1.82) is 0 Å². The van der Waals surface area contributed by atoms with Crippen LogP contribution in [-0.2, 0) is 28.7 Å². The summed E-state index contributed by atoms with van der Waals surface area (Å²) in [4.78, 5) is -0.0145. The molecule has 6 rings (SSSR count). The predicted molar refractivity (Wildman–Crippen MR) is 164 cm³/mol. The van der Waals surface area contributed by atoms with Crippen LogP contribution in [0.4, 0.5) is 15.9 Å². The number of methoxy groups -OCH3 is 1. The number of fused-ring (bicyclic) bond motifs is 1. The zero-order valence-corrected chi connectivity index (χ0v) is 26.5. The van der Waals surface area contributed by atoms with Crippen LogP contribution in [-0.4, -0.2) is 45.9 Å². The first-order valence-electron chi connectivity index (χ1n) is 14.4. The van der Waals surface area contributed by atoms with E-state index in [1.54, 1.807) is 37.4 Å². The van der Waals surface area contributed by atoms with Crippen molar-refractivity contribution in [1.82, 2.24) is 24.3 Å². The lowest BCUT2D eigenvalue weighted by atomic mass is 10.0. The van der Waals surface area contributed by atoms with E-state index in [0.29, 0.717) is 22.5 Å². The quantitative estimate of drug-likeness (QED) is 0.236. The third-order valence-electron chi connectivity index (χ3n) is 8.02. The molecule has 44 heavy (non-hydrogen) atoms. The van der Waals surface area contributed by atoms with Crippen molar-refractivity contribution >= 4 is 33.1 Å². The van der Waals surface area contributed by atoms with Crippen LogP contribution in [0.2, 0.25) is 5.02 Å². The molecule has 0 unspecified atom stereocenters. The van der Waals surface area contributed by atoms with E-state index in [9.17, 15) is 8.42 Å². The SMILES string of the molecule is COc1ccc(CN2Cc3c(ccc(Nc4cc([C@H]5CC[C@@H](Oc6nnccc6Cl)C5)nn4C(C)(C)C)c3F)S2(=O)=O)cc1. The Morgan fingerprint density at radius 1 is 1.11 bits per heavy atom. The number of benzene rings is 2. The molecule has 0 bridgehead atoms. The standard InChI is InChI=1S/C31H34ClFN6O4S/c1-31(2,3)39-28(16-26(37-39)20-7-10-22(15-20)43-30-24(32)13-14-34-36-30)35-25-11-12-27-23(29(25)33)18-38(44(27,40)41)17-19-5-8-21(42-4)9-6-19/h5-6,8-9,11-14,16,20,22,35H,7,10,15,17-18H2,1-4H3/t20-,22+/m0/s1. The van der Waals surface area contributed by atoms with Gasteiger partial charge in [-0.25, -0.2) is 17.5 Å². The number of rotatable bonds is 8. The molecule has 13 heteroatoms. The van der Waals surface area contributed by atoms with Gasteiger partial charge in [-0.2, -0.15) is 14.5 Å². The summed E-state index contributed by atoms with van der Waals surface area (Å²) < 4.78 is 57.0. The summed E-state index contributed by atoms with van der Waals surface area (Å²) in [5.41, 5.74) is 1.57. The number of nitrogens with one attached hydrogen (secondary N) is 1. The number of sulfonamides is 1. The zero-order chi connectivity index (χ0) is 31.2. The summed E-state index contributed by atoms with van der Waals surface area (Å²) in [6, 6.07) is 13.7. The highest BCUT2D eigenvalue weighted by atomic mass is 35.5. The van der Waals surface area contributed by atoms with Crippen LogP contribution in [0, 0.1) is 5.82 Å². The molecule has 2 aromatic heterocycles. The summed E-state index contributed by atoms with van der Waals surface area (Å²) >= 11 is 6.20. The molecule has 2 atom stereocenters. The van der Waals surface area contributed by atoms with E-state index in [1.165, 1.54) is 22.6 Å². The summed E-state index contributed by atoms with van der Waals surface area (Å²) in [7, 11) is -2.28. The monoisotopic (exact) mass is 640 g/mol. The van der Waals surface area contributed by atoms with Gasteiger partial charge in [0.15, 0.2) is 5.82 Å².